The molecule has 0 radical (unpaired) electrons. The highest BCUT2D eigenvalue weighted by Crippen LogP contribution is 2.25. The van der Waals surface area contributed by atoms with Gasteiger partial charge in [0.1, 0.15) is 5.75 Å². The molecule has 0 heterocycles. The average molecular weight is 431 g/mol. The summed E-state index contributed by atoms with van der Waals surface area (Å²) in [6, 6.07) is 10.7. The maximum absolute atomic E-state index is 13.3. The van der Waals surface area contributed by atoms with Crippen LogP contribution in [-0.4, -0.2) is 39.9 Å². The molecule has 0 aromatic heterocycles. The number of benzene rings is 2. The summed E-state index contributed by atoms with van der Waals surface area (Å²) in [5.74, 6) is -0.0956. The Morgan fingerprint density at radius 2 is 1.70 bits per heavy atom. The number of hydrogen-bond acceptors (Lipinski definition) is 4. The molecule has 0 spiro atoms. The monoisotopic (exact) mass is 430 g/mol. The molecule has 0 aliphatic rings. The summed E-state index contributed by atoms with van der Waals surface area (Å²) in [5, 5.41) is 1.34. The van der Waals surface area contributed by atoms with Crippen LogP contribution < -0.4 is 10.2 Å². The summed E-state index contributed by atoms with van der Waals surface area (Å²) in [6.45, 7) is 9.40. The number of ether oxygens (including phenoxy) is 1. The second-order valence-electron chi connectivity index (χ2n) is 8.33. The first-order chi connectivity index (χ1) is 13.9. The summed E-state index contributed by atoms with van der Waals surface area (Å²) in [5.41, 5.74) is 5.41. The summed E-state index contributed by atoms with van der Waals surface area (Å²) in [7, 11) is 0.335. The Kier molecular flexibility index (Phi) is 7.42. The van der Waals surface area contributed by atoms with Gasteiger partial charge in [0.15, 0.2) is 0 Å². The fourth-order valence-electron chi connectivity index (χ4n) is 3.23. The van der Waals surface area contributed by atoms with E-state index in [1.165, 1.54) is 12.1 Å². The van der Waals surface area contributed by atoms with Gasteiger partial charge in [-0.25, -0.2) is 5.01 Å². The molecule has 2 aromatic carbocycles. The predicted octanol–water partition coefficient (Wildman–Crippen LogP) is 3.78. The minimum atomic E-state index is -1.17. The van der Waals surface area contributed by atoms with Crippen molar-refractivity contribution in [3.63, 3.8) is 0 Å². The third-order valence-electron chi connectivity index (χ3n) is 4.50. The van der Waals surface area contributed by atoms with E-state index in [-0.39, 0.29) is 11.7 Å². The van der Waals surface area contributed by atoms with E-state index in [2.05, 4.69) is 5.43 Å². The van der Waals surface area contributed by atoms with E-state index in [0.29, 0.717) is 22.4 Å². The lowest BCUT2D eigenvalue weighted by molar-refractivity contribution is 0.0358. The van der Waals surface area contributed by atoms with E-state index in [9.17, 15) is 13.8 Å². The molecule has 1 atom stereocenters. The van der Waals surface area contributed by atoms with Crippen molar-refractivity contribution in [3.8, 4) is 5.75 Å². The second-order valence-corrected chi connectivity index (χ2v) is 9.77. The SMILES string of the molecule is COc1cccc(C(=O)NN(C(=O)c2cc(C)cc(C)c2)C(C)(C)C)c1CS(C)=O. The maximum Gasteiger partial charge on any atom is 0.272 e. The van der Waals surface area contributed by atoms with Crippen LogP contribution in [0, 0.1) is 13.8 Å². The first-order valence-corrected chi connectivity index (χ1v) is 11.4. The van der Waals surface area contributed by atoms with E-state index in [4.69, 9.17) is 4.74 Å². The lowest BCUT2D eigenvalue weighted by Gasteiger charge is -2.36. The van der Waals surface area contributed by atoms with Crippen LogP contribution in [-0.2, 0) is 16.6 Å². The number of hydrogen-bond donors (Lipinski definition) is 1. The molecular formula is C23H30N2O4S. The van der Waals surface area contributed by atoms with E-state index >= 15 is 0 Å². The summed E-state index contributed by atoms with van der Waals surface area (Å²) in [4.78, 5) is 26.5. The van der Waals surface area contributed by atoms with Crippen LogP contribution in [0.2, 0.25) is 0 Å². The van der Waals surface area contributed by atoms with Crippen molar-refractivity contribution < 1.29 is 18.5 Å². The van der Waals surface area contributed by atoms with Crippen LogP contribution in [0.15, 0.2) is 36.4 Å². The van der Waals surface area contributed by atoms with Crippen LogP contribution in [0.25, 0.3) is 0 Å². The normalized spacial score (nSPS) is 12.2. The summed E-state index contributed by atoms with van der Waals surface area (Å²) < 4.78 is 17.2. The zero-order chi connectivity index (χ0) is 22.6. The van der Waals surface area contributed by atoms with Crippen LogP contribution in [0.3, 0.4) is 0 Å². The van der Waals surface area contributed by atoms with Gasteiger partial charge in [-0.05, 0) is 58.9 Å². The zero-order valence-corrected chi connectivity index (χ0v) is 19.5. The number of aryl methyl sites for hydroxylation is 2. The van der Waals surface area contributed by atoms with Crippen molar-refractivity contribution in [2.45, 2.75) is 45.9 Å². The molecule has 1 unspecified atom stereocenters. The van der Waals surface area contributed by atoms with Gasteiger partial charge in [0.05, 0.1) is 18.4 Å². The molecule has 6 nitrogen and oxygen atoms in total. The zero-order valence-electron chi connectivity index (χ0n) is 18.7. The Balaban J connectivity index is 2.44. The van der Waals surface area contributed by atoms with E-state index in [1.54, 1.807) is 36.6 Å². The van der Waals surface area contributed by atoms with Gasteiger partial charge in [-0.15, -0.1) is 0 Å². The second kappa shape index (κ2) is 9.43. The van der Waals surface area contributed by atoms with E-state index < -0.39 is 22.2 Å². The highest BCUT2D eigenvalue weighted by Gasteiger charge is 2.30. The van der Waals surface area contributed by atoms with Gasteiger partial charge < -0.3 is 4.74 Å². The average Bonchev–Trinajstić information content (AvgIpc) is 2.63. The van der Waals surface area contributed by atoms with Crippen molar-refractivity contribution in [1.82, 2.24) is 10.4 Å². The molecule has 162 valence electrons. The van der Waals surface area contributed by atoms with Gasteiger partial charge >= 0.3 is 0 Å². The fraction of sp³-hybridized carbons (Fsp3) is 0.391. The Bertz CT molecular complexity index is 959. The van der Waals surface area contributed by atoms with E-state index in [0.717, 1.165) is 11.1 Å². The minimum Gasteiger partial charge on any atom is -0.496 e. The van der Waals surface area contributed by atoms with Gasteiger partial charge in [-0.1, -0.05) is 23.3 Å². The van der Waals surface area contributed by atoms with Crippen molar-refractivity contribution in [1.29, 1.82) is 0 Å². The molecule has 0 saturated carbocycles. The Morgan fingerprint density at radius 3 is 2.20 bits per heavy atom. The third-order valence-corrected chi connectivity index (χ3v) is 5.20. The number of methoxy groups -OCH3 is 1. The molecule has 2 rings (SSSR count). The van der Waals surface area contributed by atoms with Crippen molar-refractivity contribution in [2.24, 2.45) is 0 Å². The number of nitrogens with one attached hydrogen (secondary N) is 1. The summed E-state index contributed by atoms with van der Waals surface area (Å²) in [6.07, 6.45) is 1.57. The molecule has 0 aliphatic heterocycles. The van der Waals surface area contributed by atoms with Crippen LogP contribution in [0.1, 0.15) is 58.2 Å². The van der Waals surface area contributed by atoms with E-state index in [1.807, 2.05) is 40.7 Å². The number of hydrazine groups is 1. The summed E-state index contributed by atoms with van der Waals surface area (Å²) >= 11 is 0. The molecule has 2 aromatic rings. The smallest absolute Gasteiger partial charge is 0.272 e. The first-order valence-electron chi connectivity index (χ1n) is 9.63. The van der Waals surface area contributed by atoms with Crippen molar-refractivity contribution in [2.75, 3.05) is 13.4 Å². The standard InChI is InChI=1S/C23H30N2O4S/c1-15-11-16(2)13-17(12-15)22(27)25(23(3,4)5)24-21(26)18-9-8-10-20(29-6)19(18)14-30(7)28/h8-13H,14H2,1-7H3,(H,24,26). The highest BCUT2D eigenvalue weighted by atomic mass is 32.2. The molecule has 1 N–H and O–H groups in total. The highest BCUT2D eigenvalue weighted by molar-refractivity contribution is 7.83. The Labute approximate surface area is 181 Å². The molecule has 7 heteroatoms. The quantitative estimate of drug-likeness (QED) is 0.733. The van der Waals surface area contributed by atoms with Gasteiger partial charge in [-0.2, -0.15) is 0 Å². The molecule has 0 bridgehead atoms. The number of carbonyl (C=O) groups is 2. The van der Waals surface area contributed by atoms with Crippen molar-refractivity contribution >= 4 is 22.6 Å². The molecule has 30 heavy (non-hydrogen) atoms. The Morgan fingerprint density at radius 1 is 1.10 bits per heavy atom. The van der Waals surface area contributed by atoms with Gasteiger partial charge in [0.25, 0.3) is 11.8 Å². The van der Waals surface area contributed by atoms with Crippen LogP contribution in [0.5, 0.6) is 5.75 Å². The third kappa shape index (κ3) is 5.69. The lowest BCUT2D eigenvalue weighted by Crippen LogP contribution is -2.56. The predicted molar refractivity (Wildman–Crippen MR) is 120 cm³/mol. The molecule has 0 saturated heterocycles. The number of nitrogens with zero attached hydrogens (tertiary/aromatic N) is 1. The molecule has 2 amide bonds. The fourth-order valence-corrected chi connectivity index (χ4v) is 3.94. The molecule has 0 aliphatic carbocycles. The Hall–Kier alpha value is -2.67. The molecule has 0 fully saturated rings. The minimum absolute atomic E-state index is 0.174. The number of carbonyl (C=O) groups excluding carboxylic acids is 2. The lowest BCUT2D eigenvalue weighted by atomic mass is 10.0. The molecular weight excluding hydrogens is 400 g/mol. The van der Waals surface area contributed by atoms with Gasteiger partial charge in [0.2, 0.25) is 0 Å². The van der Waals surface area contributed by atoms with Crippen LogP contribution >= 0.6 is 0 Å². The first kappa shape index (κ1) is 23.6. The number of rotatable bonds is 5. The van der Waals surface area contributed by atoms with Gasteiger partial charge in [0, 0.05) is 33.7 Å². The topological polar surface area (TPSA) is 75.7 Å². The van der Waals surface area contributed by atoms with Gasteiger partial charge in [-0.3, -0.25) is 19.2 Å². The largest absolute Gasteiger partial charge is 0.496 e. The number of amides is 2. The maximum atomic E-state index is 13.3. The van der Waals surface area contributed by atoms with Crippen LogP contribution in [0.4, 0.5) is 0 Å². The van der Waals surface area contributed by atoms with Crippen molar-refractivity contribution in [3.05, 3.63) is 64.2 Å².